The molecule has 0 saturated heterocycles. The molecule has 152 valence electrons. The Morgan fingerprint density at radius 2 is 1.57 bits per heavy atom. The number of halogens is 2. The van der Waals surface area contributed by atoms with Gasteiger partial charge in [-0.1, -0.05) is 35.5 Å². The van der Waals surface area contributed by atoms with E-state index in [9.17, 15) is 12.8 Å². The quantitative estimate of drug-likeness (QED) is 0.374. The normalized spacial score (nSPS) is 11.6. The Hall–Kier alpha value is -2.61. The summed E-state index contributed by atoms with van der Waals surface area (Å²) in [5.41, 5.74) is 2.27. The first-order valence-electron chi connectivity index (χ1n) is 8.89. The van der Waals surface area contributed by atoms with Gasteiger partial charge in [0.15, 0.2) is 9.84 Å². The van der Waals surface area contributed by atoms with E-state index in [0.717, 1.165) is 21.0 Å². The molecule has 3 aromatic carbocycles. The van der Waals surface area contributed by atoms with Gasteiger partial charge in [-0.3, -0.25) is 0 Å². The highest BCUT2D eigenvalue weighted by atomic mass is 35.5. The Bertz CT molecular complexity index is 1280. The van der Waals surface area contributed by atoms with Gasteiger partial charge in [0.05, 0.1) is 27.4 Å². The molecule has 4 nitrogen and oxygen atoms in total. The Labute approximate surface area is 183 Å². The molecule has 0 aliphatic rings. The van der Waals surface area contributed by atoms with E-state index in [0.29, 0.717) is 10.7 Å². The first-order valence-corrected chi connectivity index (χ1v) is 12.0. The highest BCUT2D eigenvalue weighted by molar-refractivity contribution is 7.99. The maximum absolute atomic E-state index is 13.4. The van der Waals surface area contributed by atoms with Crippen molar-refractivity contribution in [3.8, 4) is 16.9 Å². The van der Waals surface area contributed by atoms with Gasteiger partial charge in [0, 0.05) is 21.7 Å². The van der Waals surface area contributed by atoms with E-state index >= 15 is 0 Å². The fourth-order valence-corrected chi connectivity index (χ4v) is 4.62. The van der Waals surface area contributed by atoms with E-state index in [1.165, 1.54) is 30.2 Å². The van der Waals surface area contributed by atoms with Gasteiger partial charge < -0.3 is 0 Å². The summed E-state index contributed by atoms with van der Waals surface area (Å²) in [5.74, 6) is -0.333. The van der Waals surface area contributed by atoms with Crippen molar-refractivity contribution in [2.75, 3.05) is 6.26 Å². The molecule has 0 radical (unpaired) electrons. The lowest BCUT2D eigenvalue weighted by molar-refractivity contribution is 0.602. The number of rotatable bonds is 5. The second-order valence-electron chi connectivity index (χ2n) is 6.60. The van der Waals surface area contributed by atoms with Gasteiger partial charge in [0.2, 0.25) is 0 Å². The van der Waals surface area contributed by atoms with E-state index in [4.69, 9.17) is 11.6 Å². The zero-order valence-corrected chi connectivity index (χ0v) is 18.2. The van der Waals surface area contributed by atoms with Crippen molar-refractivity contribution in [2.24, 2.45) is 0 Å². The van der Waals surface area contributed by atoms with Crippen LogP contribution in [0.4, 0.5) is 4.39 Å². The van der Waals surface area contributed by atoms with Crippen LogP contribution < -0.4 is 0 Å². The first kappa shape index (κ1) is 20.7. The lowest BCUT2D eigenvalue weighted by atomic mass is 10.1. The van der Waals surface area contributed by atoms with Crippen LogP contribution in [0.2, 0.25) is 5.02 Å². The molecule has 30 heavy (non-hydrogen) atoms. The van der Waals surface area contributed by atoms with E-state index in [1.807, 2.05) is 24.3 Å². The molecule has 0 unspecified atom stereocenters. The third-order valence-electron chi connectivity index (χ3n) is 4.40. The number of hydrogen-bond acceptors (Lipinski definition) is 4. The lowest BCUT2D eigenvalue weighted by Gasteiger charge is -2.11. The highest BCUT2D eigenvalue weighted by Crippen LogP contribution is 2.38. The molecule has 1 aromatic heterocycles. The van der Waals surface area contributed by atoms with Crippen LogP contribution in [0.25, 0.3) is 16.9 Å². The molecule has 4 aromatic rings. The largest absolute Gasteiger partial charge is 0.232 e. The zero-order chi connectivity index (χ0) is 21.3. The molecule has 0 spiro atoms. The van der Waals surface area contributed by atoms with Crippen LogP contribution in [0, 0.1) is 5.82 Å². The number of nitrogens with zero attached hydrogens (tertiary/aromatic N) is 2. The highest BCUT2D eigenvalue weighted by Gasteiger charge is 2.17. The first-order chi connectivity index (χ1) is 14.3. The minimum atomic E-state index is -3.30. The third-order valence-corrected chi connectivity index (χ3v) is 6.81. The smallest absolute Gasteiger partial charge is 0.175 e. The van der Waals surface area contributed by atoms with Gasteiger partial charge in [-0.25, -0.2) is 17.5 Å². The van der Waals surface area contributed by atoms with Gasteiger partial charge in [0.1, 0.15) is 5.82 Å². The monoisotopic (exact) mass is 458 g/mol. The minimum absolute atomic E-state index is 0.242. The van der Waals surface area contributed by atoms with Crippen LogP contribution in [0.3, 0.4) is 0 Å². The summed E-state index contributed by atoms with van der Waals surface area (Å²) in [6.45, 7) is 0. The van der Waals surface area contributed by atoms with Crippen molar-refractivity contribution in [3.05, 3.63) is 89.8 Å². The summed E-state index contributed by atoms with van der Waals surface area (Å²) < 4.78 is 38.8. The SMILES string of the molecule is CS(=O)(=O)c1ccc(-c2c(Sc3ccc(Cl)cc3)cnn2-c2ccc(F)cc2)cc1. The average molecular weight is 459 g/mol. The van der Waals surface area contributed by atoms with Gasteiger partial charge >= 0.3 is 0 Å². The summed E-state index contributed by atoms with van der Waals surface area (Å²) in [6, 6.07) is 20.1. The fourth-order valence-electron chi connectivity index (χ4n) is 2.94. The Balaban J connectivity index is 1.83. The maximum atomic E-state index is 13.4. The van der Waals surface area contributed by atoms with Crippen LogP contribution in [0.5, 0.6) is 0 Å². The fraction of sp³-hybridized carbons (Fsp3) is 0.0455. The van der Waals surface area contributed by atoms with E-state index < -0.39 is 9.84 Å². The van der Waals surface area contributed by atoms with Crippen molar-refractivity contribution >= 4 is 33.2 Å². The second-order valence-corrected chi connectivity index (χ2v) is 10.2. The zero-order valence-electron chi connectivity index (χ0n) is 15.8. The van der Waals surface area contributed by atoms with Crippen molar-refractivity contribution < 1.29 is 12.8 Å². The topological polar surface area (TPSA) is 52.0 Å². The molecular formula is C22H16ClFN2O2S2. The van der Waals surface area contributed by atoms with Crippen LogP contribution in [0.1, 0.15) is 0 Å². The molecule has 0 N–H and O–H groups in total. The maximum Gasteiger partial charge on any atom is 0.175 e. The second kappa shape index (κ2) is 8.26. The number of hydrogen-bond donors (Lipinski definition) is 0. The summed E-state index contributed by atoms with van der Waals surface area (Å²) in [7, 11) is -3.30. The minimum Gasteiger partial charge on any atom is -0.232 e. The Morgan fingerprint density at radius 1 is 0.933 bits per heavy atom. The summed E-state index contributed by atoms with van der Waals surface area (Å²) >= 11 is 7.50. The third kappa shape index (κ3) is 4.43. The van der Waals surface area contributed by atoms with Crippen LogP contribution >= 0.6 is 23.4 Å². The Morgan fingerprint density at radius 3 is 2.17 bits per heavy atom. The number of aromatic nitrogens is 2. The predicted molar refractivity (Wildman–Crippen MR) is 118 cm³/mol. The van der Waals surface area contributed by atoms with Gasteiger partial charge in [-0.2, -0.15) is 5.10 Å². The van der Waals surface area contributed by atoms with Crippen LogP contribution in [-0.4, -0.2) is 24.5 Å². The summed E-state index contributed by atoms with van der Waals surface area (Å²) in [6.07, 6.45) is 2.91. The van der Waals surface area contributed by atoms with Crippen LogP contribution in [-0.2, 0) is 9.84 Å². The molecule has 0 saturated carbocycles. The standard InChI is InChI=1S/C22H16ClFN2O2S2/c1-30(27,28)20-12-2-15(3-13-20)22-21(29-19-10-4-16(23)5-11-19)14-25-26(22)18-8-6-17(24)7-9-18/h2-14H,1H3. The lowest BCUT2D eigenvalue weighted by Crippen LogP contribution is -2.00. The molecule has 8 heteroatoms. The van der Waals surface area contributed by atoms with Crippen molar-refractivity contribution in [1.82, 2.24) is 9.78 Å². The Kier molecular flexibility index (Phi) is 5.69. The van der Waals surface area contributed by atoms with Crippen molar-refractivity contribution in [1.29, 1.82) is 0 Å². The van der Waals surface area contributed by atoms with Crippen molar-refractivity contribution in [2.45, 2.75) is 14.7 Å². The average Bonchev–Trinajstić information content (AvgIpc) is 3.13. The molecule has 0 aliphatic carbocycles. The molecule has 0 amide bonds. The van der Waals surface area contributed by atoms with Gasteiger partial charge in [-0.05, 0) is 60.7 Å². The summed E-state index contributed by atoms with van der Waals surface area (Å²) in [4.78, 5) is 2.09. The van der Waals surface area contributed by atoms with Crippen molar-refractivity contribution in [3.63, 3.8) is 0 Å². The van der Waals surface area contributed by atoms with E-state index in [2.05, 4.69) is 5.10 Å². The molecule has 1 heterocycles. The van der Waals surface area contributed by atoms with E-state index in [-0.39, 0.29) is 10.7 Å². The molecule has 0 fully saturated rings. The summed E-state index contributed by atoms with van der Waals surface area (Å²) in [5, 5.41) is 5.16. The van der Waals surface area contributed by atoms with E-state index in [1.54, 1.807) is 47.3 Å². The predicted octanol–water partition coefficient (Wildman–Crippen LogP) is 5.89. The number of sulfone groups is 1. The molecule has 4 rings (SSSR count). The van der Waals surface area contributed by atoms with Crippen LogP contribution in [0.15, 0.2) is 93.7 Å². The molecule has 0 bridgehead atoms. The number of benzene rings is 3. The molecular weight excluding hydrogens is 443 g/mol. The van der Waals surface area contributed by atoms with Gasteiger partial charge in [0.25, 0.3) is 0 Å². The van der Waals surface area contributed by atoms with Gasteiger partial charge in [-0.15, -0.1) is 0 Å². The molecule has 0 aliphatic heterocycles. The molecule has 0 atom stereocenters.